The summed E-state index contributed by atoms with van der Waals surface area (Å²) in [6, 6.07) is 1.17. The first-order valence-corrected chi connectivity index (χ1v) is 6.31. The lowest BCUT2D eigenvalue weighted by molar-refractivity contribution is 0.0898. The molecule has 1 amide bonds. The zero-order valence-corrected chi connectivity index (χ0v) is 10.2. The molecule has 1 N–H and O–H groups in total. The Morgan fingerprint density at radius 1 is 1.38 bits per heavy atom. The zero-order chi connectivity index (χ0) is 11.5. The standard InChI is InChI=1S/C12H22N2O2/c1-3-9-6-11(13-10-4-5-10)8-14(7-9)12(15)16-2/h9-11,13H,3-8H2,1-2H3. The predicted molar refractivity (Wildman–Crippen MR) is 62.3 cm³/mol. The highest BCUT2D eigenvalue weighted by Crippen LogP contribution is 2.25. The van der Waals surface area contributed by atoms with Gasteiger partial charge in [-0.15, -0.1) is 0 Å². The third-order valence-electron chi connectivity index (χ3n) is 3.60. The second kappa shape index (κ2) is 5.04. The summed E-state index contributed by atoms with van der Waals surface area (Å²) in [6.07, 6.45) is 4.74. The highest BCUT2D eigenvalue weighted by Gasteiger charge is 2.32. The van der Waals surface area contributed by atoms with E-state index in [4.69, 9.17) is 4.74 Å². The molecule has 0 aromatic heterocycles. The summed E-state index contributed by atoms with van der Waals surface area (Å²) in [5, 5.41) is 3.62. The van der Waals surface area contributed by atoms with Crippen LogP contribution in [0.2, 0.25) is 0 Å². The molecule has 1 saturated heterocycles. The number of nitrogens with one attached hydrogen (secondary N) is 1. The van der Waals surface area contributed by atoms with Crippen molar-refractivity contribution in [1.82, 2.24) is 10.2 Å². The number of carbonyl (C=O) groups excluding carboxylic acids is 1. The van der Waals surface area contributed by atoms with Crippen LogP contribution >= 0.6 is 0 Å². The van der Waals surface area contributed by atoms with Crippen molar-refractivity contribution in [3.63, 3.8) is 0 Å². The molecule has 0 aromatic rings. The maximum absolute atomic E-state index is 11.6. The van der Waals surface area contributed by atoms with E-state index in [2.05, 4.69) is 12.2 Å². The van der Waals surface area contributed by atoms with Crippen molar-refractivity contribution in [2.24, 2.45) is 5.92 Å². The number of piperidine rings is 1. The fourth-order valence-corrected chi connectivity index (χ4v) is 2.48. The Hall–Kier alpha value is -0.770. The lowest BCUT2D eigenvalue weighted by Gasteiger charge is -2.37. The SMILES string of the molecule is CCC1CC(NC2CC2)CN(C(=O)OC)C1. The van der Waals surface area contributed by atoms with Gasteiger partial charge in [0.1, 0.15) is 0 Å². The van der Waals surface area contributed by atoms with Crippen LogP contribution in [0.1, 0.15) is 32.6 Å². The van der Waals surface area contributed by atoms with E-state index in [0.717, 1.165) is 19.5 Å². The molecule has 0 radical (unpaired) electrons. The quantitative estimate of drug-likeness (QED) is 0.795. The van der Waals surface area contributed by atoms with Gasteiger partial charge in [-0.05, 0) is 25.2 Å². The molecule has 0 aromatic carbocycles. The smallest absolute Gasteiger partial charge is 0.409 e. The third-order valence-corrected chi connectivity index (χ3v) is 3.60. The van der Waals surface area contributed by atoms with Gasteiger partial charge in [-0.25, -0.2) is 4.79 Å². The maximum atomic E-state index is 11.6. The van der Waals surface area contributed by atoms with Crippen molar-refractivity contribution >= 4 is 6.09 Å². The van der Waals surface area contributed by atoms with Gasteiger partial charge in [-0.1, -0.05) is 13.3 Å². The summed E-state index contributed by atoms with van der Waals surface area (Å²) in [5.74, 6) is 0.615. The lowest BCUT2D eigenvalue weighted by Crippen LogP contribution is -2.51. The minimum Gasteiger partial charge on any atom is -0.453 e. The van der Waals surface area contributed by atoms with Gasteiger partial charge in [-0.2, -0.15) is 0 Å². The summed E-state index contributed by atoms with van der Waals surface area (Å²) >= 11 is 0. The number of amides is 1. The van der Waals surface area contributed by atoms with E-state index in [1.807, 2.05) is 4.90 Å². The van der Waals surface area contributed by atoms with Gasteiger partial charge in [0.25, 0.3) is 0 Å². The number of rotatable bonds is 3. The molecular weight excluding hydrogens is 204 g/mol. The van der Waals surface area contributed by atoms with Crippen LogP contribution in [0.25, 0.3) is 0 Å². The molecule has 1 aliphatic heterocycles. The largest absolute Gasteiger partial charge is 0.453 e. The van der Waals surface area contributed by atoms with Crippen LogP contribution in [-0.2, 0) is 4.74 Å². The minimum absolute atomic E-state index is 0.180. The van der Waals surface area contributed by atoms with Crippen LogP contribution in [0.3, 0.4) is 0 Å². The maximum Gasteiger partial charge on any atom is 0.409 e. The molecule has 2 atom stereocenters. The number of hydrogen-bond acceptors (Lipinski definition) is 3. The summed E-state index contributed by atoms with van der Waals surface area (Å²) < 4.78 is 4.81. The average molecular weight is 226 g/mol. The van der Waals surface area contributed by atoms with Gasteiger partial charge in [0, 0.05) is 25.2 Å². The highest BCUT2D eigenvalue weighted by atomic mass is 16.5. The van der Waals surface area contributed by atoms with E-state index in [0.29, 0.717) is 18.0 Å². The van der Waals surface area contributed by atoms with Crippen molar-refractivity contribution in [2.45, 2.75) is 44.7 Å². The Kier molecular flexibility index (Phi) is 3.69. The Labute approximate surface area is 97.3 Å². The summed E-state index contributed by atoms with van der Waals surface area (Å²) in [5.41, 5.74) is 0. The molecule has 2 aliphatic rings. The van der Waals surface area contributed by atoms with Gasteiger partial charge in [0.05, 0.1) is 7.11 Å². The number of hydrogen-bond donors (Lipinski definition) is 1. The molecular formula is C12H22N2O2. The molecule has 1 heterocycles. The van der Waals surface area contributed by atoms with Crippen LogP contribution in [0.5, 0.6) is 0 Å². The summed E-state index contributed by atoms with van der Waals surface area (Å²) in [6.45, 7) is 3.85. The van der Waals surface area contributed by atoms with Crippen molar-refractivity contribution in [3.05, 3.63) is 0 Å². The number of carbonyl (C=O) groups is 1. The average Bonchev–Trinajstić information content (AvgIpc) is 3.11. The Morgan fingerprint density at radius 2 is 2.12 bits per heavy atom. The Bertz CT molecular complexity index is 253. The third kappa shape index (κ3) is 2.88. The van der Waals surface area contributed by atoms with E-state index in [1.54, 1.807) is 0 Å². The van der Waals surface area contributed by atoms with Crippen molar-refractivity contribution in [1.29, 1.82) is 0 Å². The second-order valence-corrected chi connectivity index (χ2v) is 5.02. The van der Waals surface area contributed by atoms with E-state index in [1.165, 1.54) is 26.4 Å². The van der Waals surface area contributed by atoms with E-state index >= 15 is 0 Å². The number of likely N-dealkylation sites (tertiary alicyclic amines) is 1. The van der Waals surface area contributed by atoms with Gasteiger partial charge < -0.3 is 15.0 Å². The minimum atomic E-state index is -0.180. The first-order valence-electron chi connectivity index (χ1n) is 6.31. The van der Waals surface area contributed by atoms with Crippen LogP contribution in [0.4, 0.5) is 4.79 Å². The number of ether oxygens (including phenoxy) is 1. The number of nitrogens with zero attached hydrogens (tertiary/aromatic N) is 1. The summed E-state index contributed by atoms with van der Waals surface area (Å²) in [4.78, 5) is 13.4. The van der Waals surface area contributed by atoms with Crippen LogP contribution in [0.15, 0.2) is 0 Å². The molecule has 0 bridgehead atoms. The molecule has 16 heavy (non-hydrogen) atoms. The van der Waals surface area contributed by atoms with Crippen molar-refractivity contribution < 1.29 is 9.53 Å². The molecule has 92 valence electrons. The van der Waals surface area contributed by atoms with Crippen LogP contribution in [0, 0.1) is 5.92 Å². The Morgan fingerprint density at radius 3 is 2.69 bits per heavy atom. The van der Waals surface area contributed by atoms with Crippen LogP contribution in [-0.4, -0.2) is 43.3 Å². The first kappa shape index (κ1) is 11.7. The molecule has 0 spiro atoms. The molecule has 4 heteroatoms. The topological polar surface area (TPSA) is 41.6 Å². The van der Waals surface area contributed by atoms with E-state index in [-0.39, 0.29) is 6.09 Å². The van der Waals surface area contributed by atoms with Gasteiger partial charge >= 0.3 is 6.09 Å². The molecule has 2 fully saturated rings. The van der Waals surface area contributed by atoms with Crippen molar-refractivity contribution in [3.8, 4) is 0 Å². The lowest BCUT2D eigenvalue weighted by atomic mass is 9.92. The predicted octanol–water partition coefficient (Wildman–Crippen LogP) is 1.61. The van der Waals surface area contributed by atoms with Gasteiger partial charge in [0.2, 0.25) is 0 Å². The monoisotopic (exact) mass is 226 g/mol. The molecule has 4 nitrogen and oxygen atoms in total. The number of methoxy groups -OCH3 is 1. The van der Waals surface area contributed by atoms with Gasteiger partial charge in [-0.3, -0.25) is 0 Å². The molecule has 2 rings (SSSR count). The molecule has 1 aliphatic carbocycles. The summed E-state index contributed by atoms with van der Waals surface area (Å²) in [7, 11) is 1.46. The molecule has 1 saturated carbocycles. The normalized spacial score (nSPS) is 30.2. The zero-order valence-electron chi connectivity index (χ0n) is 10.2. The van der Waals surface area contributed by atoms with E-state index in [9.17, 15) is 4.79 Å². The fraction of sp³-hybridized carbons (Fsp3) is 0.917. The van der Waals surface area contributed by atoms with Crippen molar-refractivity contribution in [2.75, 3.05) is 20.2 Å². The highest BCUT2D eigenvalue weighted by molar-refractivity contribution is 5.67. The first-order chi connectivity index (χ1) is 7.72. The Balaban J connectivity index is 1.90. The van der Waals surface area contributed by atoms with E-state index < -0.39 is 0 Å². The van der Waals surface area contributed by atoms with Gasteiger partial charge in [0.15, 0.2) is 0 Å². The fourth-order valence-electron chi connectivity index (χ4n) is 2.48. The molecule has 2 unspecified atom stereocenters. The van der Waals surface area contributed by atoms with Crippen LogP contribution < -0.4 is 5.32 Å². The second-order valence-electron chi connectivity index (χ2n) is 5.02.